The summed E-state index contributed by atoms with van der Waals surface area (Å²) in [4.78, 5) is 39.9. The molecule has 5 heteroatoms. The van der Waals surface area contributed by atoms with Crippen LogP contribution in [0, 0.1) is 0 Å². The second-order valence-corrected chi connectivity index (χ2v) is 6.23. The third kappa shape index (κ3) is 2.36. The lowest BCUT2D eigenvalue weighted by Gasteiger charge is -2.21. The van der Waals surface area contributed by atoms with E-state index in [-0.39, 0.29) is 23.9 Å². The normalized spacial score (nSPS) is 18.2. The number of carbonyl (C=O) groups excluding carboxylic acids is 3. The van der Waals surface area contributed by atoms with Crippen molar-refractivity contribution in [2.45, 2.75) is 19.4 Å². The van der Waals surface area contributed by atoms with Crippen LogP contribution >= 0.6 is 0 Å². The zero-order chi connectivity index (χ0) is 18.3. The maximum Gasteiger partial charge on any atom is 0.344 e. The summed E-state index contributed by atoms with van der Waals surface area (Å²) in [7, 11) is 0. The number of fused-ring (bicyclic) bond motifs is 3. The summed E-state index contributed by atoms with van der Waals surface area (Å²) in [5, 5.41) is 0. The molecule has 130 valence electrons. The highest BCUT2D eigenvalue weighted by molar-refractivity contribution is 6.32. The first-order chi connectivity index (χ1) is 12.6. The molecule has 5 nitrogen and oxygen atoms in total. The second kappa shape index (κ2) is 6.26. The average molecular weight is 347 g/mol. The van der Waals surface area contributed by atoms with Gasteiger partial charge in [-0.05, 0) is 18.6 Å². The lowest BCUT2D eigenvalue weighted by Crippen LogP contribution is -2.38. The van der Waals surface area contributed by atoms with Crippen LogP contribution in [0.15, 0.2) is 60.2 Å². The number of nitrogens with zero attached hydrogens (tertiary/aromatic N) is 1. The number of carbonyl (C=O) groups is 3. The first-order valence-electron chi connectivity index (χ1n) is 8.56. The van der Waals surface area contributed by atoms with Gasteiger partial charge in [0.05, 0.1) is 12.3 Å². The van der Waals surface area contributed by atoms with E-state index in [1.807, 2.05) is 30.3 Å². The van der Waals surface area contributed by atoms with Crippen molar-refractivity contribution in [3.8, 4) is 0 Å². The van der Waals surface area contributed by atoms with E-state index >= 15 is 0 Å². The van der Waals surface area contributed by atoms with E-state index in [9.17, 15) is 14.4 Å². The summed E-state index contributed by atoms with van der Waals surface area (Å²) in [5.41, 5.74) is 2.42. The van der Waals surface area contributed by atoms with Crippen molar-refractivity contribution < 1.29 is 19.1 Å². The van der Waals surface area contributed by atoms with Gasteiger partial charge in [-0.3, -0.25) is 14.5 Å². The van der Waals surface area contributed by atoms with Crippen LogP contribution in [-0.4, -0.2) is 35.2 Å². The van der Waals surface area contributed by atoms with Crippen LogP contribution in [0.25, 0.3) is 5.70 Å². The summed E-state index contributed by atoms with van der Waals surface area (Å²) in [6, 6.07) is 15.8. The van der Waals surface area contributed by atoms with Crippen LogP contribution in [0.2, 0.25) is 0 Å². The number of hydrogen-bond acceptors (Lipinski definition) is 4. The van der Waals surface area contributed by atoms with Crippen molar-refractivity contribution in [1.29, 1.82) is 0 Å². The average Bonchev–Trinajstić information content (AvgIpc) is 3.10. The van der Waals surface area contributed by atoms with Gasteiger partial charge in [0.2, 0.25) is 0 Å². The van der Waals surface area contributed by atoms with Crippen LogP contribution in [0.1, 0.15) is 28.4 Å². The lowest BCUT2D eigenvalue weighted by atomic mass is 9.98. The van der Waals surface area contributed by atoms with Crippen LogP contribution in [0.3, 0.4) is 0 Å². The van der Waals surface area contributed by atoms with Gasteiger partial charge in [-0.15, -0.1) is 0 Å². The van der Waals surface area contributed by atoms with Crippen molar-refractivity contribution in [3.63, 3.8) is 0 Å². The Morgan fingerprint density at radius 3 is 2.35 bits per heavy atom. The van der Waals surface area contributed by atoms with Crippen LogP contribution in [-0.2, 0) is 20.7 Å². The van der Waals surface area contributed by atoms with Gasteiger partial charge < -0.3 is 4.74 Å². The number of ketones is 1. The predicted octanol–water partition coefficient (Wildman–Crippen LogP) is 2.61. The Balaban J connectivity index is 1.83. The Kier molecular flexibility index (Phi) is 3.92. The number of amides is 1. The largest absolute Gasteiger partial charge is 0.462 e. The zero-order valence-corrected chi connectivity index (χ0v) is 14.3. The number of esters is 1. The lowest BCUT2D eigenvalue weighted by molar-refractivity contribution is -0.139. The van der Waals surface area contributed by atoms with Crippen molar-refractivity contribution in [2.24, 2.45) is 0 Å². The summed E-state index contributed by atoms with van der Waals surface area (Å²) >= 11 is 0. The molecule has 0 spiro atoms. The minimum atomic E-state index is -0.730. The van der Waals surface area contributed by atoms with E-state index < -0.39 is 12.0 Å². The minimum absolute atomic E-state index is 0.0221. The molecule has 0 saturated heterocycles. The summed E-state index contributed by atoms with van der Waals surface area (Å²) in [6.45, 7) is 1.86. The van der Waals surface area contributed by atoms with E-state index in [0.717, 1.165) is 5.56 Å². The standard InChI is InChI=1S/C21H17NO4/c1-2-26-21(25)17-18-14-10-6-7-11-15(14)20(24)22(18)16(19(17)23)12-13-8-4-3-5-9-13/h3-11,16H,2,12H2,1H3. The van der Waals surface area contributed by atoms with Crippen LogP contribution < -0.4 is 0 Å². The van der Waals surface area contributed by atoms with Gasteiger partial charge in [-0.2, -0.15) is 0 Å². The van der Waals surface area contributed by atoms with Gasteiger partial charge in [0.15, 0.2) is 5.78 Å². The molecule has 0 fully saturated rings. The van der Waals surface area contributed by atoms with E-state index in [4.69, 9.17) is 4.74 Å². The van der Waals surface area contributed by atoms with Gasteiger partial charge in [0, 0.05) is 17.5 Å². The monoisotopic (exact) mass is 347 g/mol. The quantitative estimate of drug-likeness (QED) is 0.630. The first-order valence-corrected chi connectivity index (χ1v) is 8.56. The fourth-order valence-electron chi connectivity index (χ4n) is 3.61. The van der Waals surface area contributed by atoms with E-state index in [0.29, 0.717) is 23.2 Å². The fraction of sp³-hybridized carbons (Fsp3) is 0.190. The third-order valence-corrected chi connectivity index (χ3v) is 4.72. The number of hydrogen-bond donors (Lipinski definition) is 0. The maximum absolute atomic E-state index is 13.0. The Morgan fingerprint density at radius 2 is 1.65 bits per heavy atom. The molecule has 2 aliphatic heterocycles. The summed E-state index contributed by atoms with van der Waals surface area (Å²) in [5.74, 6) is -1.27. The highest BCUT2D eigenvalue weighted by Gasteiger charge is 2.50. The van der Waals surface area contributed by atoms with Gasteiger partial charge in [-0.1, -0.05) is 48.5 Å². The molecule has 1 unspecified atom stereocenters. The van der Waals surface area contributed by atoms with Gasteiger partial charge >= 0.3 is 5.97 Å². The number of ether oxygens (including phenoxy) is 1. The van der Waals surface area contributed by atoms with Crippen molar-refractivity contribution in [1.82, 2.24) is 4.90 Å². The number of Topliss-reactive ketones (excluding diaryl/α,β-unsaturated/α-hetero) is 1. The molecule has 0 saturated carbocycles. The Bertz CT molecular complexity index is 945. The van der Waals surface area contributed by atoms with Gasteiger partial charge in [-0.25, -0.2) is 4.79 Å². The Hall–Kier alpha value is -3.21. The molecule has 2 aliphatic rings. The molecule has 4 rings (SSSR count). The highest BCUT2D eigenvalue weighted by atomic mass is 16.5. The molecule has 1 atom stereocenters. The maximum atomic E-state index is 13.0. The Labute approximate surface area is 150 Å². The molecule has 0 aliphatic carbocycles. The zero-order valence-electron chi connectivity index (χ0n) is 14.3. The third-order valence-electron chi connectivity index (χ3n) is 4.72. The molecule has 0 aromatic heterocycles. The second-order valence-electron chi connectivity index (χ2n) is 6.23. The Morgan fingerprint density at radius 1 is 1.00 bits per heavy atom. The van der Waals surface area contributed by atoms with Crippen LogP contribution in [0.4, 0.5) is 0 Å². The van der Waals surface area contributed by atoms with Crippen LogP contribution in [0.5, 0.6) is 0 Å². The summed E-state index contributed by atoms with van der Waals surface area (Å²) < 4.78 is 5.10. The molecule has 0 radical (unpaired) electrons. The van der Waals surface area contributed by atoms with Crippen molar-refractivity contribution in [2.75, 3.05) is 6.61 Å². The molecule has 2 aromatic rings. The molecule has 0 N–H and O–H groups in total. The summed E-state index contributed by atoms with van der Waals surface area (Å²) in [6.07, 6.45) is 0.353. The minimum Gasteiger partial charge on any atom is -0.462 e. The highest BCUT2D eigenvalue weighted by Crippen LogP contribution is 2.43. The predicted molar refractivity (Wildman–Crippen MR) is 95.1 cm³/mol. The molecule has 2 heterocycles. The topological polar surface area (TPSA) is 63.7 Å². The van der Waals surface area contributed by atoms with E-state index in [1.54, 1.807) is 31.2 Å². The number of rotatable bonds is 4. The molecular formula is C21H17NO4. The van der Waals surface area contributed by atoms with Crippen molar-refractivity contribution in [3.05, 3.63) is 76.9 Å². The van der Waals surface area contributed by atoms with Gasteiger partial charge in [0.25, 0.3) is 5.91 Å². The molecular weight excluding hydrogens is 330 g/mol. The van der Waals surface area contributed by atoms with E-state index in [1.165, 1.54) is 4.90 Å². The van der Waals surface area contributed by atoms with Gasteiger partial charge in [0.1, 0.15) is 11.6 Å². The van der Waals surface area contributed by atoms with Crippen molar-refractivity contribution >= 4 is 23.4 Å². The molecule has 1 amide bonds. The number of benzene rings is 2. The molecule has 2 aromatic carbocycles. The first kappa shape index (κ1) is 16.3. The molecule has 26 heavy (non-hydrogen) atoms. The smallest absolute Gasteiger partial charge is 0.344 e. The fourth-order valence-corrected chi connectivity index (χ4v) is 3.61. The molecule has 0 bridgehead atoms. The SMILES string of the molecule is CCOC(=O)C1=C2c3ccccc3C(=O)N2C(Cc2ccccc2)C1=O. The van der Waals surface area contributed by atoms with E-state index in [2.05, 4.69) is 0 Å².